The number of nitrogens with zero attached hydrogens (tertiary/aromatic N) is 3. The Kier molecular flexibility index (Phi) is 8.82. The van der Waals surface area contributed by atoms with Crippen LogP contribution in [0.25, 0.3) is 0 Å². The van der Waals surface area contributed by atoms with Gasteiger partial charge in [-0.15, -0.1) is 0 Å². The minimum atomic E-state index is 0.215. The van der Waals surface area contributed by atoms with Crippen LogP contribution in [0.15, 0.2) is 4.99 Å². The zero-order valence-corrected chi connectivity index (χ0v) is 19.0. The molecule has 3 fully saturated rings. The summed E-state index contributed by atoms with van der Waals surface area (Å²) in [5, 5.41) is 6.78. The normalized spacial score (nSPS) is 26.0. The molecule has 30 heavy (non-hydrogen) atoms. The molecule has 7 nitrogen and oxygen atoms in total. The Balaban J connectivity index is 1.45. The maximum atomic E-state index is 12.8. The van der Waals surface area contributed by atoms with Gasteiger partial charge in [-0.3, -0.25) is 14.6 Å². The summed E-state index contributed by atoms with van der Waals surface area (Å²) in [7, 11) is 0. The van der Waals surface area contributed by atoms with Crippen molar-refractivity contribution in [1.82, 2.24) is 20.4 Å². The molecule has 0 aromatic carbocycles. The van der Waals surface area contributed by atoms with E-state index in [-0.39, 0.29) is 17.9 Å². The van der Waals surface area contributed by atoms with Gasteiger partial charge in [-0.1, -0.05) is 19.3 Å². The van der Waals surface area contributed by atoms with Gasteiger partial charge in [-0.05, 0) is 52.4 Å². The van der Waals surface area contributed by atoms with Crippen LogP contribution in [0, 0.1) is 5.92 Å². The fraction of sp³-hybridized carbons (Fsp3) is 0.870. The highest BCUT2D eigenvalue weighted by Crippen LogP contribution is 2.26. The SMILES string of the molecule is CCNC(=NCCC(=O)N1CCCCC1C)NC1CCN(C(=O)C2CCCCC2)C1. The zero-order chi connectivity index (χ0) is 21.3. The van der Waals surface area contributed by atoms with E-state index in [1.54, 1.807) is 0 Å². The molecule has 1 saturated carbocycles. The van der Waals surface area contributed by atoms with Gasteiger partial charge in [-0.2, -0.15) is 0 Å². The van der Waals surface area contributed by atoms with Crippen LogP contribution in [0.1, 0.15) is 78.1 Å². The zero-order valence-electron chi connectivity index (χ0n) is 19.0. The first-order valence-electron chi connectivity index (χ1n) is 12.2. The molecule has 0 radical (unpaired) electrons. The van der Waals surface area contributed by atoms with Crippen molar-refractivity contribution in [3.8, 4) is 0 Å². The lowest BCUT2D eigenvalue weighted by Crippen LogP contribution is -2.46. The lowest BCUT2D eigenvalue weighted by Gasteiger charge is -2.33. The summed E-state index contributed by atoms with van der Waals surface area (Å²) in [4.78, 5) is 34.0. The first-order chi connectivity index (χ1) is 14.6. The van der Waals surface area contributed by atoms with Crippen molar-refractivity contribution < 1.29 is 9.59 Å². The van der Waals surface area contributed by atoms with Crippen LogP contribution in [0.2, 0.25) is 0 Å². The van der Waals surface area contributed by atoms with Crippen LogP contribution < -0.4 is 10.6 Å². The molecule has 0 aromatic rings. The molecule has 3 aliphatic rings. The van der Waals surface area contributed by atoms with E-state index in [9.17, 15) is 9.59 Å². The second kappa shape index (κ2) is 11.6. The maximum absolute atomic E-state index is 12.8. The summed E-state index contributed by atoms with van der Waals surface area (Å²) in [6, 6.07) is 0.584. The lowest BCUT2D eigenvalue weighted by atomic mass is 9.88. The van der Waals surface area contributed by atoms with E-state index >= 15 is 0 Å². The number of carbonyl (C=O) groups is 2. The lowest BCUT2D eigenvalue weighted by molar-refractivity contribution is -0.135. The Labute approximate surface area is 182 Å². The van der Waals surface area contributed by atoms with Gasteiger partial charge in [0.1, 0.15) is 0 Å². The van der Waals surface area contributed by atoms with E-state index in [0.717, 1.165) is 64.2 Å². The van der Waals surface area contributed by atoms with E-state index in [0.29, 0.717) is 24.9 Å². The quantitative estimate of drug-likeness (QED) is 0.512. The molecule has 7 heteroatoms. The van der Waals surface area contributed by atoms with Crippen molar-refractivity contribution in [3.05, 3.63) is 0 Å². The number of aliphatic imine (C=N–C) groups is 1. The minimum Gasteiger partial charge on any atom is -0.357 e. The number of hydrogen-bond acceptors (Lipinski definition) is 3. The Hall–Kier alpha value is -1.79. The molecule has 0 aromatic heterocycles. The third kappa shape index (κ3) is 6.35. The highest BCUT2D eigenvalue weighted by Gasteiger charge is 2.31. The average molecular weight is 420 g/mol. The van der Waals surface area contributed by atoms with Gasteiger partial charge in [-0.25, -0.2) is 0 Å². The van der Waals surface area contributed by atoms with Gasteiger partial charge >= 0.3 is 0 Å². The molecular weight excluding hydrogens is 378 g/mol. The summed E-state index contributed by atoms with van der Waals surface area (Å²) in [6.45, 7) is 7.93. The van der Waals surface area contributed by atoms with Crippen LogP contribution >= 0.6 is 0 Å². The number of likely N-dealkylation sites (tertiary alicyclic amines) is 2. The number of carbonyl (C=O) groups excluding carboxylic acids is 2. The number of hydrogen-bond donors (Lipinski definition) is 2. The van der Waals surface area contributed by atoms with Gasteiger partial charge in [0.25, 0.3) is 0 Å². The van der Waals surface area contributed by atoms with Crippen LogP contribution in [-0.4, -0.2) is 72.4 Å². The molecule has 0 spiro atoms. The Morgan fingerprint density at radius 1 is 1.00 bits per heavy atom. The van der Waals surface area contributed by atoms with Gasteiger partial charge < -0.3 is 20.4 Å². The highest BCUT2D eigenvalue weighted by molar-refractivity contribution is 5.82. The molecular formula is C23H41N5O2. The Morgan fingerprint density at radius 2 is 1.77 bits per heavy atom. The molecule has 3 rings (SSSR count). The monoisotopic (exact) mass is 419 g/mol. The van der Waals surface area contributed by atoms with Crippen LogP contribution in [0.5, 0.6) is 0 Å². The van der Waals surface area contributed by atoms with Crippen molar-refractivity contribution in [3.63, 3.8) is 0 Å². The predicted octanol–water partition coefficient (Wildman–Crippen LogP) is 2.51. The first kappa shape index (κ1) is 22.9. The molecule has 170 valence electrons. The summed E-state index contributed by atoms with van der Waals surface area (Å²) >= 11 is 0. The number of amides is 2. The molecule has 1 aliphatic carbocycles. The molecule has 2 saturated heterocycles. The van der Waals surface area contributed by atoms with Crippen molar-refractivity contribution >= 4 is 17.8 Å². The Morgan fingerprint density at radius 3 is 2.50 bits per heavy atom. The Bertz CT molecular complexity index is 602. The van der Waals surface area contributed by atoms with Crippen molar-refractivity contribution in [2.75, 3.05) is 32.7 Å². The van der Waals surface area contributed by atoms with Crippen LogP contribution in [0.4, 0.5) is 0 Å². The topological polar surface area (TPSA) is 77.0 Å². The van der Waals surface area contributed by atoms with Crippen LogP contribution in [0.3, 0.4) is 0 Å². The van der Waals surface area contributed by atoms with E-state index in [2.05, 4.69) is 22.5 Å². The molecule has 2 atom stereocenters. The fourth-order valence-electron chi connectivity index (χ4n) is 5.07. The minimum absolute atomic E-state index is 0.215. The van der Waals surface area contributed by atoms with Crippen molar-refractivity contribution in [1.29, 1.82) is 0 Å². The van der Waals surface area contributed by atoms with Gasteiger partial charge in [0, 0.05) is 50.6 Å². The molecule has 2 unspecified atom stereocenters. The molecule has 2 amide bonds. The standard InChI is InChI=1S/C23H41N5O2/c1-3-24-23(25-14-12-21(29)28-15-8-7-9-18(28)2)26-20-13-16-27(17-20)22(30)19-10-5-4-6-11-19/h18-20H,3-17H2,1-2H3,(H2,24,25,26). The van der Waals surface area contributed by atoms with E-state index in [4.69, 9.17) is 0 Å². The second-order valence-electron chi connectivity index (χ2n) is 9.19. The summed E-state index contributed by atoms with van der Waals surface area (Å²) in [5.74, 6) is 1.56. The number of rotatable bonds is 6. The smallest absolute Gasteiger partial charge is 0.225 e. The predicted molar refractivity (Wildman–Crippen MR) is 120 cm³/mol. The third-order valence-corrected chi connectivity index (χ3v) is 6.86. The molecule has 2 heterocycles. The van der Waals surface area contributed by atoms with E-state index in [1.807, 2.05) is 16.7 Å². The van der Waals surface area contributed by atoms with Crippen molar-refractivity contribution in [2.45, 2.75) is 90.1 Å². The number of nitrogens with one attached hydrogen (secondary N) is 2. The molecule has 2 aliphatic heterocycles. The van der Waals surface area contributed by atoms with Gasteiger partial charge in [0.2, 0.25) is 11.8 Å². The van der Waals surface area contributed by atoms with E-state index in [1.165, 1.54) is 25.7 Å². The number of guanidine groups is 1. The van der Waals surface area contributed by atoms with Crippen LogP contribution in [-0.2, 0) is 9.59 Å². The second-order valence-corrected chi connectivity index (χ2v) is 9.19. The van der Waals surface area contributed by atoms with Gasteiger partial charge in [0.05, 0.1) is 6.54 Å². The van der Waals surface area contributed by atoms with Gasteiger partial charge in [0.15, 0.2) is 5.96 Å². The fourth-order valence-corrected chi connectivity index (χ4v) is 5.07. The summed E-state index contributed by atoms with van der Waals surface area (Å²) in [6.07, 6.45) is 10.6. The summed E-state index contributed by atoms with van der Waals surface area (Å²) in [5.41, 5.74) is 0. The molecule has 2 N–H and O–H groups in total. The van der Waals surface area contributed by atoms with E-state index < -0.39 is 0 Å². The number of piperidine rings is 1. The maximum Gasteiger partial charge on any atom is 0.225 e. The third-order valence-electron chi connectivity index (χ3n) is 6.86. The highest BCUT2D eigenvalue weighted by atomic mass is 16.2. The largest absolute Gasteiger partial charge is 0.357 e. The summed E-state index contributed by atoms with van der Waals surface area (Å²) < 4.78 is 0. The van der Waals surface area contributed by atoms with Crippen molar-refractivity contribution in [2.24, 2.45) is 10.9 Å². The molecule has 0 bridgehead atoms. The average Bonchev–Trinajstić information content (AvgIpc) is 3.22. The first-order valence-corrected chi connectivity index (χ1v) is 12.2.